The Labute approximate surface area is 207 Å². The summed E-state index contributed by atoms with van der Waals surface area (Å²) in [5.74, 6) is 0.427. The molecule has 0 spiro atoms. The number of hydrogen-bond donors (Lipinski definition) is 4. The molecular weight excluding hydrogens is 460 g/mol. The summed E-state index contributed by atoms with van der Waals surface area (Å²) >= 11 is 0. The van der Waals surface area contributed by atoms with Crippen LogP contribution in [0.25, 0.3) is 5.69 Å². The predicted molar refractivity (Wildman–Crippen MR) is 135 cm³/mol. The first kappa shape index (κ1) is 24.3. The van der Waals surface area contributed by atoms with Crippen molar-refractivity contribution in [2.75, 3.05) is 14.2 Å². The molecule has 1 atom stereocenters. The number of para-hydroxylation sites is 1. The van der Waals surface area contributed by atoms with Gasteiger partial charge in [-0.05, 0) is 41.8 Å². The number of primary amides is 1. The first-order chi connectivity index (χ1) is 17.3. The average molecular weight is 487 g/mol. The van der Waals surface area contributed by atoms with E-state index in [0.29, 0.717) is 29.3 Å². The zero-order chi connectivity index (χ0) is 25.8. The van der Waals surface area contributed by atoms with E-state index in [1.807, 2.05) is 24.3 Å². The van der Waals surface area contributed by atoms with E-state index in [4.69, 9.17) is 26.4 Å². The van der Waals surface area contributed by atoms with Crippen LogP contribution in [0.3, 0.4) is 0 Å². The van der Waals surface area contributed by atoms with Crippen LogP contribution < -0.4 is 26.6 Å². The summed E-state index contributed by atoms with van der Waals surface area (Å²) in [5.41, 5.74) is 13.4. The van der Waals surface area contributed by atoms with E-state index in [2.05, 4.69) is 10.1 Å². The van der Waals surface area contributed by atoms with Gasteiger partial charge in [-0.3, -0.25) is 15.2 Å². The molecule has 1 amide bonds. The van der Waals surface area contributed by atoms with E-state index in [1.165, 1.54) is 0 Å². The van der Waals surface area contributed by atoms with Gasteiger partial charge >= 0.3 is 5.69 Å². The fourth-order valence-corrected chi connectivity index (χ4v) is 4.03. The van der Waals surface area contributed by atoms with Crippen LogP contribution in [0.15, 0.2) is 71.5 Å². The molecule has 4 rings (SSSR count). The minimum atomic E-state index is -0.663. The van der Waals surface area contributed by atoms with Crippen LogP contribution in [0.2, 0.25) is 0 Å². The van der Waals surface area contributed by atoms with E-state index >= 15 is 0 Å². The molecule has 36 heavy (non-hydrogen) atoms. The maximum Gasteiger partial charge on any atom is 0.348 e. The van der Waals surface area contributed by atoms with Gasteiger partial charge in [-0.1, -0.05) is 42.5 Å². The largest absolute Gasteiger partial charge is 0.493 e. The number of nitrogens with one attached hydrogen (secondary N) is 2. The monoisotopic (exact) mass is 486 g/mol. The number of aromatic nitrogens is 3. The Morgan fingerprint density at radius 1 is 1.03 bits per heavy atom. The molecule has 1 unspecified atom stereocenters. The lowest BCUT2D eigenvalue weighted by molar-refractivity contribution is 0.1000. The summed E-state index contributed by atoms with van der Waals surface area (Å²) in [6.07, 6.45) is 0.470. The minimum Gasteiger partial charge on any atom is -0.493 e. The number of amides is 1. The van der Waals surface area contributed by atoms with Gasteiger partial charge in [0, 0.05) is 11.5 Å². The van der Waals surface area contributed by atoms with Crippen LogP contribution in [0.1, 0.15) is 38.8 Å². The van der Waals surface area contributed by atoms with Gasteiger partial charge in [0.1, 0.15) is 11.7 Å². The lowest BCUT2D eigenvalue weighted by atomic mass is 9.90. The molecule has 1 heterocycles. The normalized spacial score (nSPS) is 11.6. The smallest absolute Gasteiger partial charge is 0.348 e. The lowest BCUT2D eigenvalue weighted by Crippen LogP contribution is -2.21. The molecule has 0 bridgehead atoms. The number of amidine groups is 1. The Bertz CT molecular complexity index is 1470. The van der Waals surface area contributed by atoms with E-state index in [-0.39, 0.29) is 23.0 Å². The number of rotatable bonds is 9. The summed E-state index contributed by atoms with van der Waals surface area (Å²) in [6, 6.07) is 19.3. The van der Waals surface area contributed by atoms with Crippen molar-refractivity contribution in [3.8, 4) is 17.2 Å². The quantitative estimate of drug-likeness (QED) is 0.210. The van der Waals surface area contributed by atoms with Crippen LogP contribution in [0, 0.1) is 5.41 Å². The number of H-pyrrole nitrogens is 1. The van der Waals surface area contributed by atoms with E-state index in [9.17, 15) is 9.59 Å². The molecular formula is C26H26N6O4. The van der Waals surface area contributed by atoms with Gasteiger partial charge in [0.2, 0.25) is 0 Å². The van der Waals surface area contributed by atoms with Crippen molar-refractivity contribution in [3.05, 3.63) is 105 Å². The summed E-state index contributed by atoms with van der Waals surface area (Å²) < 4.78 is 12.0. The van der Waals surface area contributed by atoms with Gasteiger partial charge in [0.15, 0.2) is 11.5 Å². The van der Waals surface area contributed by atoms with Crippen LogP contribution in [0.4, 0.5) is 0 Å². The van der Waals surface area contributed by atoms with Gasteiger partial charge in [-0.25, -0.2) is 4.79 Å². The molecule has 0 radical (unpaired) electrons. The molecule has 6 N–H and O–H groups in total. The van der Waals surface area contributed by atoms with Gasteiger partial charge in [0.05, 0.1) is 25.5 Å². The molecule has 0 fully saturated rings. The first-order valence-corrected chi connectivity index (χ1v) is 11.1. The summed E-state index contributed by atoms with van der Waals surface area (Å²) in [5, 5.41) is 12.2. The highest BCUT2D eigenvalue weighted by atomic mass is 16.5. The van der Waals surface area contributed by atoms with Crippen molar-refractivity contribution >= 4 is 11.7 Å². The number of nitrogens with zero attached hydrogens (tertiary/aromatic N) is 2. The molecule has 0 saturated heterocycles. The number of aromatic amines is 1. The fraction of sp³-hybridized carbons (Fsp3) is 0.154. The van der Waals surface area contributed by atoms with Gasteiger partial charge in [-0.15, -0.1) is 5.10 Å². The molecule has 10 heteroatoms. The van der Waals surface area contributed by atoms with Crippen molar-refractivity contribution in [2.45, 2.75) is 12.3 Å². The molecule has 0 aliphatic heterocycles. The average Bonchev–Trinajstić information content (AvgIpc) is 3.27. The van der Waals surface area contributed by atoms with Crippen molar-refractivity contribution in [3.63, 3.8) is 0 Å². The van der Waals surface area contributed by atoms with E-state index in [0.717, 1.165) is 15.8 Å². The molecule has 0 aliphatic rings. The molecule has 184 valence electrons. The SMILES string of the molecule is COc1ccc(C(Cc2ccc(C(=N)N)cc2)c2nn(-c3ccccc3C(N)=O)c(=O)[nH]2)cc1OC. The second-order valence-electron chi connectivity index (χ2n) is 8.09. The van der Waals surface area contributed by atoms with Gasteiger partial charge in [0.25, 0.3) is 5.91 Å². The maximum absolute atomic E-state index is 13.0. The van der Waals surface area contributed by atoms with E-state index < -0.39 is 11.6 Å². The van der Waals surface area contributed by atoms with Crippen molar-refractivity contribution in [2.24, 2.45) is 11.5 Å². The Hall–Kier alpha value is -4.86. The first-order valence-electron chi connectivity index (χ1n) is 11.1. The highest BCUT2D eigenvalue weighted by molar-refractivity contribution is 5.96. The maximum atomic E-state index is 13.0. The molecule has 0 aliphatic carbocycles. The molecule has 4 aromatic rings. The number of hydrogen-bond acceptors (Lipinski definition) is 6. The third kappa shape index (κ3) is 4.83. The summed E-state index contributed by atoms with van der Waals surface area (Å²) in [6.45, 7) is 0. The summed E-state index contributed by atoms with van der Waals surface area (Å²) in [4.78, 5) is 27.7. The predicted octanol–water partition coefficient (Wildman–Crippen LogP) is 2.34. The van der Waals surface area contributed by atoms with E-state index in [1.54, 1.807) is 56.7 Å². The Morgan fingerprint density at radius 3 is 2.36 bits per heavy atom. The van der Waals surface area contributed by atoms with Crippen molar-refractivity contribution in [1.82, 2.24) is 14.8 Å². The molecule has 10 nitrogen and oxygen atoms in total. The minimum absolute atomic E-state index is 0.0193. The Kier molecular flexibility index (Phi) is 6.86. The number of methoxy groups -OCH3 is 2. The Morgan fingerprint density at radius 2 is 1.72 bits per heavy atom. The molecule has 3 aromatic carbocycles. The zero-order valence-corrected chi connectivity index (χ0v) is 19.8. The molecule has 1 aromatic heterocycles. The van der Waals surface area contributed by atoms with Gasteiger partial charge < -0.3 is 20.9 Å². The highest BCUT2D eigenvalue weighted by Gasteiger charge is 2.23. The van der Waals surface area contributed by atoms with Crippen LogP contribution >= 0.6 is 0 Å². The topological polar surface area (TPSA) is 162 Å². The third-order valence-corrected chi connectivity index (χ3v) is 5.88. The second-order valence-corrected chi connectivity index (χ2v) is 8.09. The molecule has 0 saturated carbocycles. The highest BCUT2D eigenvalue weighted by Crippen LogP contribution is 2.34. The van der Waals surface area contributed by atoms with Crippen LogP contribution in [-0.4, -0.2) is 40.7 Å². The van der Waals surface area contributed by atoms with Gasteiger partial charge in [-0.2, -0.15) is 4.68 Å². The summed E-state index contributed by atoms with van der Waals surface area (Å²) in [7, 11) is 3.11. The fourth-order valence-electron chi connectivity index (χ4n) is 4.03. The number of ether oxygens (including phenoxy) is 2. The van der Waals surface area contributed by atoms with Crippen LogP contribution in [-0.2, 0) is 6.42 Å². The standard InChI is InChI=1S/C26H26N6O4/c1-35-21-12-11-17(14-22(21)36-2)19(13-15-7-9-16(10-8-15)23(27)28)25-30-26(34)32(31-25)20-6-4-3-5-18(20)24(29)33/h3-12,14,19H,13H2,1-2H3,(H3,27,28)(H2,29,33)(H,30,31,34). The zero-order valence-electron chi connectivity index (χ0n) is 19.8. The number of nitrogens with two attached hydrogens (primary N) is 2. The number of carbonyl (C=O) groups is 1. The number of carbonyl (C=O) groups excluding carboxylic acids is 1. The van der Waals surface area contributed by atoms with Crippen LogP contribution in [0.5, 0.6) is 11.5 Å². The number of nitrogen functional groups attached to an aromatic ring is 1. The van der Waals surface area contributed by atoms with Crippen molar-refractivity contribution < 1.29 is 14.3 Å². The number of benzene rings is 3. The van der Waals surface area contributed by atoms with Crippen molar-refractivity contribution in [1.29, 1.82) is 5.41 Å². The Balaban J connectivity index is 1.82. The third-order valence-electron chi connectivity index (χ3n) is 5.88. The lowest BCUT2D eigenvalue weighted by Gasteiger charge is -2.17. The second kappa shape index (κ2) is 10.2.